The van der Waals surface area contributed by atoms with Crippen LogP contribution in [0.1, 0.15) is 0 Å². The van der Waals surface area contributed by atoms with Crippen molar-refractivity contribution in [2.45, 2.75) is 0 Å². The van der Waals surface area contributed by atoms with E-state index in [9.17, 15) is 0 Å². The van der Waals surface area contributed by atoms with Gasteiger partial charge in [0.05, 0.1) is 38.6 Å². The molecule has 0 aliphatic heterocycles. The van der Waals surface area contributed by atoms with Crippen LogP contribution < -0.4 is 0 Å². The number of fused-ring (bicyclic) bond motifs is 14. The average Bonchev–Trinajstić information content (AvgIpc) is 3.78. The standard InChI is InChI=1S/C43H26N4/c1-3-13-27(14-4-1)45-37-20-10-8-18-30(37)33-24-41-34(25-40(33)45)32-23-31-29-17-7-11-21-38(29)47-39-22-12-9-19-36(39)44-43(47)35(31)26-42(32)46(41)28-15-5-2-6-16-28/h1-26H. The molecule has 0 saturated carbocycles. The van der Waals surface area contributed by atoms with Crippen molar-refractivity contribution in [1.82, 2.24) is 18.5 Å². The molecular formula is C43H26N4. The van der Waals surface area contributed by atoms with Crippen molar-refractivity contribution < 1.29 is 0 Å². The highest BCUT2D eigenvalue weighted by molar-refractivity contribution is 6.24. The van der Waals surface area contributed by atoms with Gasteiger partial charge in [0, 0.05) is 43.7 Å². The molecule has 0 aliphatic carbocycles. The Balaban J connectivity index is 1.38. The summed E-state index contributed by atoms with van der Waals surface area (Å²) in [6.07, 6.45) is 0. The Morgan fingerprint density at radius 1 is 0.319 bits per heavy atom. The van der Waals surface area contributed by atoms with Crippen LogP contribution in [0.4, 0.5) is 0 Å². The molecular weight excluding hydrogens is 573 g/mol. The number of hydrogen-bond acceptors (Lipinski definition) is 1. The van der Waals surface area contributed by atoms with E-state index in [1.807, 2.05) is 0 Å². The molecule has 4 heteroatoms. The first-order valence-electron chi connectivity index (χ1n) is 16.1. The summed E-state index contributed by atoms with van der Waals surface area (Å²) in [4.78, 5) is 5.22. The van der Waals surface area contributed by atoms with Crippen LogP contribution in [0.2, 0.25) is 0 Å². The number of nitrogens with zero attached hydrogens (tertiary/aromatic N) is 4. The Labute approximate surface area is 268 Å². The molecule has 0 bridgehead atoms. The maximum atomic E-state index is 5.22. The third-order valence-electron chi connectivity index (χ3n) is 9.96. The van der Waals surface area contributed by atoms with Gasteiger partial charge in [-0.2, -0.15) is 0 Å². The van der Waals surface area contributed by atoms with Gasteiger partial charge >= 0.3 is 0 Å². The van der Waals surface area contributed by atoms with Crippen molar-refractivity contribution in [3.63, 3.8) is 0 Å². The third-order valence-corrected chi connectivity index (χ3v) is 9.96. The van der Waals surface area contributed by atoms with Gasteiger partial charge in [-0.05, 0) is 78.2 Å². The predicted molar refractivity (Wildman–Crippen MR) is 196 cm³/mol. The topological polar surface area (TPSA) is 27.2 Å². The van der Waals surface area contributed by atoms with E-state index in [0.717, 1.165) is 33.4 Å². The maximum absolute atomic E-state index is 5.22. The van der Waals surface area contributed by atoms with E-state index in [0.29, 0.717) is 0 Å². The minimum atomic E-state index is 0.985. The van der Waals surface area contributed by atoms with Gasteiger partial charge in [0.25, 0.3) is 0 Å². The zero-order chi connectivity index (χ0) is 30.6. The largest absolute Gasteiger partial charge is 0.309 e. The first-order valence-corrected chi connectivity index (χ1v) is 16.1. The predicted octanol–water partition coefficient (Wildman–Crippen LogP) is 11.0. The molecule has 0 amide bonds. The van der Waals surface area contributed by atoms with E-state index in [-0.39, 0.29) is 0 Å². The van der Waals surface area contributed by atoms with E-state index in [2.05, 4.69) is 171 Å². The SMILES string of the molecule is c1ccc(-n2c3ccccc3c3cc4c(cc32)c2cc3c5ccccc5n5c6ccccc6nc5c3cc2n4-c2ccccc2)cc1. The number of para-hydroxylation sites is 6. The third kappa shape index (κ3) is 3.28. The van der Waals surface area contributed by atoms with Gasteiger partial charge in [0.15, 0.2) is 0 Å². The van der Waals surface area contributed by atoms with E-state index in [1.54, 1.807) is 0 Å². The molecule has 7 aromatic carbocycles. The molecule has 0 radical (unpaired) electrons. The van der Waals surface area contributed by atoms with Crippen LogP contribution in [0.5, 0.6) is 0 Å². The zero-order valence-corrected chi connectivity index (χ0v) is 25.3. The second-order valence-electron chi connectivity index (χ2n) is 12.4. The summed E-state index contributed by atoms with van der Waals surface area (Å²) in [5.74, 6) is 0. The van der Waals surface area contributed by atoms with Crippen molar-refractivity contribution in [2.75, 3.05) is 0 Å². The van der Waals surface area contributed by atoms with Gasteiger partial charge in [-0.15, -0.1) is 0 Å². The molecule has 0 atom stereocenters. The summed E-state index contributed by atoms with van der Waals surface area (Å²) in [7, 11) is 0. The normalized spacial score (nSPS) is 12.3. The fraction of sp³-hybridized carbons (Fsp3) is 0. The number of hydrogen-bond donors (Lipinski definition) is 0. The highest BCUT2D eigenvalue weighted by atomic mass is 15.0. The first-order chi connectivity index (χ1) is 23.3. The molecule has 0 saturated heterocycles. The summed E-state index contributed by atoms with van der Waals surface area (Å²) in [5.41, 5.74) is 11.4. The molecule has 4 heterocycles. The van der Waals surface area contributed by atoms with Gasteiger partial charge in [0.2, 0.25) is 0 Å². The van der Waals surface area contributed by atoms with Gasteiger partial charge in [-0.25, -0.2) is 4.98 Å². The number of benzene rings is 7. The van der Waals surface area contributed by atoms with Gasteiger partial charge in [0.1, 0.15) is 5.65 Å². The van der Waals surface area contributed by atoms with Gasteiger partial charge < -0.3 is 9.13 Å². The van der Waals surface area contributed by atoms with E-state index in [1.165, 1.54) is 59.9 Å². The number of aromatic nitrogens is 4. The maximum Gasteiger partial charge on any atom is 0.146 e. The van der Waals surface area contributed by atoms with Crippen LogP contribution in [0, 0.1) is 0 Å². The summed E-state index contributed by atoms with van der Waals surface area (Å²) in [5, 5.41) is 8.54. The lowest BCUT2D eigenvalue weighted by atomic mass is 10.0. The van der Waals surface area contributed by atoms with Crippen LogP contribution in [0.15, 0.2) is 158 Å². The first kappa shape index (κ1) is 24.9. The molecule has 0 N–H and O–H groups in total. The Bertz CT molecular complexity index is 3050. The molecule has 0 spiro atoms. The van der Waals surface area contributed by atoms with Crippen LogP contribution in [0.3, 0.4) is 0 Å². The molecule has 4 aromatic heterocycles. The number of rotatable bonds is 2. The minimum absolute atomic E-state index is 0.985. The van der Waals surface area contributed by atoms with Crippen LogP contribution in [-0.2, 0) is 0 Å². The summed E-state index contributed by atoms with van der Waals surface area (Å²) in [6, 6.07) is 57.0. The Kier molecular flexibility index (Phi) is 4.81. The quantitative estimate of drug-likeness (QED) is 0.182. The molecule has 47 heavy (non-hydrogen) atoms. The molecule has 0 aliphatic rings. The van der Waals surface area contributed by atoms with E-state index in [4.69, 9.17) is 4.98 Å². The lowest BCUT2D eigenvalue weighted by Crippen LogP contribution is -1.95. The second kappa shape index (κ2) is 9.09. The highest BCUT2D eigenvalue weighted by Crippen LogP contribution is 2.42. The minimum Gasteiger partial charge on any atom is -0.309 e. The van der Waals surface area contributed by atoms with E-state index < -0.39 is 0 Å². The Morgan fingerprint density at radius 3 is 1.47 bits per heavy atom. The van der Waals surface area contributed by atoms with Crippen molar-refractivity contribution in [3.8, 4) is 11.4 Å². The molecule has 0 unspecified atom stereocenters. The lowest BCUT2D eigenvalue weighted by molar-refractivity contribution is 1.17. The lowest BCUT2D eigenvalue weighted by Gasteiger charge is -2.11. The fourth-order valence-corrected chi connectivity index (χ4v) is 7.99. The average molecular weight is 599 g/mol. The molecule has 11 aromatic rings. The molecule has 0 fully saturated rings. The number of imidazole rings is 1. The van der Waals surface area contributed by atoms with Gasteiger partial charge in [-0.3, -0.25) is 4.40 Å². The van der Waals surface area contributed by atoms with Crippen molar-refractivity contribution in [3.05, 3.63) is 158 Å². The smallest absolute Gasteiger partial charge is 0.146 e. The zero-order valence-electron chi connectivity index (χ0n) is 25.3. The fourth-order valence-electron chi connectivity index (χ4n) is 7.99. The van der Waals surface area contributed by atoms with Crippen molar-refractivity contribution >= 4 is 82.0 Å². The molecule has 4 nitrogen and oxygen atoms in total. The summed E-state index contributed by atoms with van der Waals surface area (Å²) in [6.45, 7) is 0. The van der Waals surface area contributed by atoms with Crippen molar-refractivity contribution in [2.24, 2.45) is 0 Å². The summed E-state index contributed by atoms with van der Waals surface area (Å²) >= 11 is 0. The van der Waals surface area contributed by atoms with Gasteiger partial charge in [-0.1, -0.05) is 84.9 Å². The van der Waals surface area contributed by atoms with E-state index >= 15 is 0 Å². The second-order valence-corrected chi connectivity index (χ2v) is 12.4. The van der Waals surface area contributed by atoms with Crippen LogP contribution in [0.25, 0.3) is 93.3 Å². The number of pyridine rings is 1. The van der Waals surface area contributed by atoms with Crippen LogP contribution in [-0.4, -0.2) is 18.5 Å². The Hall–Kier alpha value is -6.39. The highest BCUT2D eigenvalue weighted by Gasteiger charge is 2.21. The van der Waals surface area contributed by atoms with Crippen molar-refractivity contribution in [1.29, 1.82) is 0 Å². The summed E-state index contributed by atoms with van der Waals surface area (Å²) < 4.78 is 7.18. The molecule has 11 rings (SSSR count). The molecule has 218 valence electrons. The monoisotopic (exact) mass is 598 g/mol. The van der Waals surface area contributed by atoms with Crippen LogP contribution >= 0.6 is 0 Å². The Morgan fingerprint density at radius 2 is 0.787 bits per heavy atom.